The number of nitrogens with one attached hydrogen (secondary N) is 1. The SMILES string of the molecule is CC(C)[C@@H](NS(=O)(=O)c1ccc2c(c1)OCCO2)C(=O)OCC(=O)N(C)C. The highest BCUT2D eigenvalue weighted by atomic mass is 32.2. The van der Waals surface area contributed by atoms with Crippen LogP contribution in [0.4, 0.5) is 0 Å². The van der Waals surface area contributed by atoms with E-state index in [4.69, 9.17) is 14.2 Å². The normalized spacial score (nSPS) is 14.6. The molecule has 1 aromatic rings. The minimum Gasteiger partial charge on any atom is -0.486 e. The maximum atomic E-state index is 12.7. The number of ether oxygens (including phenoxy) is 3. The largest absolute Gasteiger partial charge is 0.486 e. The first-order chi connectivity index (χ1) is 12.6. The topological polar surface area (TPSA) is 111 Å². The number of carbonyl (C=O) groups excluding carboxylic acids is 2. The number of hydrogen-bond acceptors (Lipinski definition) is 7. The van der Waals surface area contributed by atoms with Gasteiger partial charge in [0.2, 0.25) is 10.0 Å². The molecule has 27 heavy (non-hydrogen) atoms. The van der Waals surface area contributed by atoms with Crippen molar-refractivity contribution in [1.82, 2.24) is 9.62 Å². The van der Waals surface area contributed by atoms with E-state index in [-0.39, 0.29) is 10.8 Å². The van der Waals surface area contributed by atoms with E-state index < -0.39 is 34.5 Å². The van der Waals surface area contributed by atoms with Gasteiger partial charge in [0, 0.05) is 20.2 Å². The zero-order valence-corrected chi connectivity index (χ0v) is 16.5. The monoisotopic (exact) mass is 400 g/mol. The lowest BCUT2D eigenvalue weighted by atomic mass is 10.1. The van der Waals surface area contributed by atoms with Crippen LogP contribution < -0.4 is 14.2 Å². The minimum atomic E-state index is -4.02. The van der Waals surface area contributed by atoms with Crippen molar-refractivity contribution in [2.24, 2.45) is 5.92 Å². The Balaban J connectivity index is 2.14. The molecular weight excluding hydrogens is 376 g/mol. The van der Waals surface area contributed by atoms with Gasteiger partial charge in [-0.25, -0.2) is 8.42 Å². The molecule has 150 valence electrons. The van der Waals surface area contributed by atoms with Crippen LogP contribution >= 0.6 is 0 Å². The molecule has 10 heteroatoms. The summed E-state index contributed by atoms with van der Waals surface area (Å²) >= 11 is 0. The van der Waals surface area contributed by atoms with Crippen LogP contribution in [0, 0.1) is 5.92 Å². The van der Waals surface area contributed by atoms with Gasteiger partial charge in [0.15, 0.2) is 18.1 Å². The smallest absolute Gasteiger partial charge is 0.324 e. The lowest BCUT2D eigenvalue weighted by Crippen LogP contribution is -2.46. The van der Waals surface area contributed by atoms with Crippen LogP contribution in [0.25, 0.3) is 0 Å². The summed E-state index contributed by atoms with van der Waals surface area (Å²) in [6, 6.07) is 3.07. The van der Waals surface area contributed by atoms with E-state index in [1.54, 1.807) is 13.8 Å². The summed E-state index contributed by atoms with van der Waals surface area (Å²) in [6.07, 6.45) is 0. The van der Waals surface area contributed by atoms with Crippen molar-refractivity contribution in [2.45, 2.75) is 24.8 Å². The fraction of sp³-hybridized carbons (Fsp3) is 0.529. The van der Waals surface area contributed by atoms with Crippen molar-refractivity contribution < 1.29 is 32.2 Å². The maximum absolute atomic E-state index is 12.7. The molecule has 0 aliphatic carbocycles. The minimum absolute atomic E-state index is 0.0606. The molecule has 0 saturated heterocycles. The van der Waals surface area contributed by atoms with Gasteiger partial charge in [0.1, 0.15) is 19.3 Å². The van der Waals surface area contributed by atoms with Crippen LogP contribution in [-0.4, -0.2) is 65.2 Å². The highest BCUT2D eigenvalue weighted by molar-refractivity contribution is 7.89. The van der Waals surface area contributed by atoms with Gasteiger partial charge in [-0.15, -0.1) is 0 Å². The van der Waals surface area contributed by atoms with Gasteiger partial charge in [0.25, 0.3) is 5.91 Å². The van der Waals surface area contributed by atoms with Gasteiger partial charge in [0.05, 0.1) is 4.90 Å². The highest BCUT2D eigenvalue weighted by Gasteiger charge is 2.31. The van der Waals surface area contributed by atoms with E-state index in [2.05, 4.69) is 4.72 Å². The van der Waals surface area contributed by atoms with Crippen LogP contribution in [0.2, 0.25) is 0 Å². The summed E-state index contributed by atoms with van der Waals surface area (Å²) in [5.41, 5.74) is 0. The van der Waals surface area contributed by atoms with Crippen LogP contribution in [0.3, 0.4) is 0 Å². The first-order valence-corrected chi connectivity index (χ1v) is 9.89. The molecule has 1 aliphatic heterocycles. The third kappa shape index (κ3) is 5.33. The maximum Gasteiger partial charge on any atom is 0.324 e. The van der Waals surface area contributed by atoms with Crippen molar-refractivity contribution in [3.63, 3.8) is 0 Å². The quantitative estimate of drug-likeness (QED) is 0.659. The van der Waals surface area contributed by atoms with E-state index >= 15 is 0 Å². The Kier molecular flexibility index (Phi) is 6.66. The first-order valence-electron chi connectivity index (χ1n) is 8.40. The predicted molar refractivity (Wildman–Crippen MR) is 96.0 cm³/mol. The predicted octanol–water partition coefficient (Wildman–Crippen LogP) is 0.392. The third-order valence-electron chi connectivity index (χ3n) is 3.86. The van der Waals surface area contributed by atoms with Gasteiger partial charge >= 0.3 is 5.97 Å². The second kappa shape index (κ2) is 8.57. The van der Waals surface area contributed by atoms with Crippen LogP contribution in [0.5, 0.6) is 11.5 Å². The van der Waals surface area contributed by atoms with E-state index in [0.717, 1.165) is 0 Å². The molecule has 2 rings (SSSR count). The molecule has 0 unspecified atom stereocenters. The Labute approximate surface area is 158 Å². The Morgan fingerprint density at radius 1 is 1.19 bits per heavy atom. The number of likely N-dealkylation sites (N-methyl/N-ethyl adjacent to an activating group) is 1. The molecule has 1 aliphatic rings. The lowest BCUT2D eigenvalue weighted by molar-refractivity contribution is -0.153. The standard InChI is InChI=1S/C17H24N2O7S/c1-11(2)16(17(21)26-10-15(20)19(3)4)18-27(22,23)12-5-6-13-14(9-12)25-8-7-24-13/h5-6,9,11,16,18H,7-8,10H2,1-4H3/t16-/m1/s1. The molecule has 1 amide bonds. The molecule has 1 heterocycles. The molecule has 1 atom stereocenters. The van der Waals surface area contributed by atoms with E-state index in [9.17, 15) is 18.0 Å². The van der Waals surface area contributed by atoms with Gasteiger partial charge < -0.3 is 19.1 Å². The number of nitrogens with zero attached hydrogens (tertiary/aromatic N) is 1. The number of rotatable bonds is 7. The molecule has 0 fully saturated rings. The van der Waals surface area contributed by atoms with Gasteiger partial charge in [-0.1, -0.05) is 13.8 Å². The van der Waals surface area contributed by atoms with Crippen molar-refractivity contribution in [1.29, 1.82) is 0 Å². The molecule has 0 bridgehead atoms. The van der Waals surface area contributed by atoms with Crippen LogP contribution in [0.1, 0.15) is 13.8 Å². The molecular formula is C17H24N2O7S. The fourth-order valence-electron chi connectivity index (χ4n) is 2.23. The lowest BCUT2D eigenvalue weighted by Gasteiger charge is -2.22. The fourth-order valence-corrected chi connectivity index (χ4v) is 3.58. The number of esters is 1. The highest BCUT2D eigenvalue weighted by Crippen LogP contribution is 2.32. The Morgan fingerprint density at radius 3 is 2.41 bits per heavy atom. The summed E-state index contributed by atoms with van der Waals surface area (Å²) in [6.45, 7) is 3.61. The number of sulfonamides is 1. The first kappa shape index (κ1) is 21.0. The average molecular weight is 400 g/mol. The molecule has 1 aromatic carbocycles. The molecule has 0 saturated carbocycles. The summed E-state index contributed by atoms with van der Waals surface area (Å²) in [4.78, 5) is 25.1. The van der Waals surface area contributed by atoms with E-state index in [1.165, 1.54) is 37.2 Å². The third-order valence-corrected chi connectivity index (χ3v) is 5.30. The van der Waals surface area contributed by atoms with Crippen molar-refractivity contribution >= 4 is 21.9 Å². The van der Waals surface area contributed by atoms with Gasteiger partial charge in [-0.2, -0.15) is 4.72 Å². The van der Waals surface area contributed by atoms with Crippen LogP contribution in [-0.2, 0) is 24.3 Å². The second-order valence-electron chi connectivity index (χ2n) is 6.54. The molecule has 9 nitrogen and oxygen atoms in total. The van der Waals surface area contributed by atoms with Crippen molar-refractivity contribution in [2.75, 3.05) is 33.9 Å². The molecule has 0 radical (unpaired) electrons. The molecule has 1 N–H and O–H groups in total. The zero-order chi connectivity index (χ0) is 20.2. The van der Waals surface area contributed by atoms with Crippen LogP contribution in [0.15, 0.2) is 23.1 Å². The summed E-state index contributed by atoms with van der Waals surface area (Å²) < 4.78 is 43.5. The van der Waals surface area contributed by atoms with Gasteiger partial charge in [-0.05, 0) is 18.1 Å². The Hall–Kier alpha value is -2.33. The number of hydrogen-bond donors (Lipinski definition) is 1. The summed E-state index contributed by atoms with van der Waals surface area (Å²) in [5, 5.41) is 0. The van der Waals surface area contributed by atoms with E-state index in [1.807, 2.05) is 0 Å². The second-order valence-corrected chi connectivity index (χ2v) is 8.26. The summed E-state index contributed by atoms with van der Waals surface area (Å²) in [5.74, 6) is -0.826. The van der Waals surface area contributed by atoms with E-state index in [0.29, 0.717) is 24.7 Å². The Bertz CT molecular complexity index is 805. The molecule has 0 spiro atoms. The number of carbonyl (C=O) groups is 2. The number of benzene rings is 1. The van der Waals surface area contributed by atoms with Crippen molar-refractivity contribution in [3.05, 3.63) is 18.2 Å². The Morgan fingerprint density at radius 2 is 1.81 bits per heavy atom. The number of amides is 1. The number of fused-ring (bicyclic) bond motifs is 1. The van der Waals surface area contributed by atoms with Crippen molar-refractivity contribution in [3.8, 4) is 11.5 Å². The summed E-state index contributed by atoms with van der Waals surface area (Å²) in [7, 11) is -0.963. The molecule has 0 aromatic heterocycles. The van der Waals surface area contributed by atoms with Gasteiger partial charge in [-0.3, -0.25) is 9.59 Å². The average Bonchev–Trinajstić information content (AvgIpc) is 2.63. The zero-order valence-electron chi connectivity index (χ0n) is 15.7.